The van der Waals surface area contributed by atoms with Gasteiger partial charge in [0.15, 0.2) is 6.10 Å². The molecule has 0 aliphatic carbocycles. The molecule has 32 heavy (non-hydrogen) atoms. The average molecular weight is 458 g/mol. The third-order valence-electron chi connectivity index (χ3n) is 6.05. The number of carbonyl (C=O) groups is 2. The summed E-state index contributed by atoms with van der Waals surface area (Å²) >= 11 is 0. The van der Waals surface area contributed by atoms with Crippen LogP contribution in [0.5, 0.6) is 5.75 Å². The summed E-state index contributed by atoms with van der Waals surface area (Å²) in [6, 6.07) is 10.7. The van der Waals surface area contributed by atoms with Crippen molar-refractivity contribution in [3.63, 3.8) is 0 Å². The molecule has 2 amide bonds. The van der Waals surface area contributed by atoms with Gasteiger partial charge in [0.2, 0.25) is 15.9 Å². The largest absolute Gasteiger partial charge is 0.479 e. The molecule has 1 atom stereocenters. The van der Waals surface area contributed by atoms with E-state index in [4.69, 9.17) is 4.74 Å². The number of hydrogen-bond donors (Lipinski definition) is 2. The van der Waals surface area contributed by atoms with Crippen LogP contribution in [0.25, 0.3) is 0 Å². The van der Waals surface area contributed by atoms with Crippen LogP contribution in [0.2, 0.25) is 0 Å². The number of benzene rings is 2. The summed E-state index contributed by atoms with van der Waals surface area (Å²) in [7, 11) is -3.76. The molecule has 2 aromatic carbocycles. The van der Waals surface area contributed by atoms with E-state index in [-0.39, 0.29) is 35.7 Å². The molecule has 0 bridgehead atoms. The predicted molar refractivity (Wildman–Crippen MR) is 121 cm³/mol. The first-order valence-electron chi connectivity index (χ1n) is 10.7. The summed E-state index contributed by atoms with van der Waals surface area (Å²) in [5, 5.41) is 5.69. The molecule has 0 spiro atoms. The van der Waals surface area contributed by atoms with Gasteiger partial charge in [0, 0.05) is 30.8 Å². The van der Waals surface area contributed by atoms with E-state index in [2.05, 4.69) is 10.6 Å². The highest BCUT2D eigenvalue weighted by atomic mass is 32.2. The SMILES string of the molecule is Cc1ccccc1NC(=O)C1CCN(S(=O)(=O)c2cc3c(cc2C)NC(=O)[C@@H](C)O3)CC1. The Kier molecular flexibility index (Phi) is 5.96. The molecular formula is C23H27N3O5S. The molecule has 2 heterocycles. The second-order valence-corrected chi connectivity index (χ2v) is 10.3. The van der Waals surface area contributed by atoms with Crippen LogP contribution in [-0.4, -0.2) is 43.7 Å². The van der Waals surface area contributed by atoms with Crippen molar-refractivity contribution in [2.45, 2.75) is 44.6 Å². The fourth-order valence-corrected chi connectivity index (χ4v) is 5.76. The van der Waals surface area contributed by atoms with Crippen LogP contribution in [-0.2, 0) is 19.6 Å². The quantitative estimate of drug-likeness (QED) is 0.734. The van der Waals surface area contributed by atoms with Crippen molar-refractivity contribution in [3.8, 4) is 5.75 Å². The van der Waals surface area contributed by atoms with Gasteiger partial charge in [0.1, 0.15) is 5.75 Å². The Hall–Kier alpha value is -2.91. The van der Waals surface area contributed by atoms with Crippen LogP contribution in [0, 0.1) is 19.8 Å². The number of piperidine rings is 1. The van der Waals surface area contributed by atoms with Crippen molar-refractivity contribution in [1.82, 2.24) is 4.31 Å². The fraction of sp³-hybridized carbons (Fsp3) is 0.391. The van der Waals surface area contributed by atoms with Gasteiger partial charge in [-0.25, -0.2) is 8.42 Å². The number of anilines is 2. The third-order valence-corrected chi connectivity index (χ3v) is 8.09. The minimum Gasteiger partial charge on any atom is -0.479 e. The molecule has 2 aliphatic rings. The maximum absolute atomic E-state index is 13.3. The molecule has 1 saturated heterocycles. The van der Waals surface area contributed by atoms with Gasteiger partial charge in [-0.05, 0) is 56.9 Å². The molecule has 2 aromatic rings. The van der Waals surface area contributed by atoms with Gasteiger partial charge < -0.3 is 15.4 Å². The number of para-hydroxylation sites is 1. The lowest BCUT2D eigenvalue weighted by Gasteiger charge is -2.31. The summed E-state index contributed by atoms with van der Waals surface area (Å²) in [5.41, 5.74) is 2.76. The van der Waals surface area contributed by atoms with E-state index < -0.39 is 16.1 Å². The number of fused-ring (bicyclic) bond motifs is 1. The molecule has 170 valence electrons. The minimum atomic E-state index is -3.76. The molecule has 0 unspecified atom stereocenters. The number of hydrogen-bond acceptors (Lipinski definition) is 5. The highest BCUT2D eigenvalue weighted by Gasteiger charge is 2.34. The van der Waals surface area contributed by atoms with Crippen molar-refractivity contribution in [1.29, 1.82) is 0 Å². The first kappa shape index (κ1) is 22.3. The first-order valence-corrected chi connectivity index (χ1v) is 12.1. The third kappa shape index (κ3) is 4.22. The molecule has 0 aromatic heterocycles. The molecule has 2 N–H and O–H groups in total. The topological polar surface area (TPSA) is 105 Å². The second kappa shape index (κ2) is 8.55. The Bertz CT molecular complexity index is 1170. The lowest BCUT2D eigenvalue weighted by Crippen LogP contribution is -2.41. The predicted octanol–water partition coefficient (Wildman–Crippen LogP) is 3.06. The molecule has 1 fully saturated rings. The lowest BCUT2D eigenvalue weighted by atomic mass is 9.97. The van der Waals surface area contributed by atoms with Gasteiger partial charge in [0.25, 0.3) is 5.91 Å². The maximum atomic E-state index is 13.3. The van der Waals surface area contributed by atoms with Gasteiger partial charge in [0.05, 0.1) is 10.6 Å². The average Bonchev–Trinajstić information content (AvgIpc) is 2.76. The maximum Gasteiger partial charge on any atom is 0.265 e. The van der Waals surface area contributed by atoms with Crippen molar-refractivity contribution in [3.05, 3.63) is 47.5 Å². The number of ether oxygens (including phenoxy) is 1. The summed E-state index contributed by atoms with van der Waals surface area (Å²) in [4.78, 5) is 24.7. The number of aryl methyl sites for hydroxylation is 2. The van der Waals surface area contributed by atoms with E-state index >= 15 is 0 Å². The summed E-state index contributed by atoms with van der Waals surface area (Å²) in [6.45, 7) is 5.76. The van der Waals surface area contributed by atoms with Crippen LogP contribution < -0.4 is 15.4 Å². The van der Waals surface area contributed by atoms with E-state index in [0.717, 1.165) is 11.3 Å². The van der Waals surface area contributed by atoms with Crippen LogP contribution in [0.4, 0.5) is 11.4 Å². The highest BCUT2D eigenvalue weighted by molar-refractivity contribution is 7.89. The molecule has 4 rings (SSSR count). The number of sulfonamides is 1. The number of rotatable bonds is 4. The van der Waals surface area contributed by atoms with Crippen LogP contribution in [0.15, 0.2) is 41.3 Å². The zero-order chi connectivity index (χ0) is 23.0. The van der Waals surface area contributed by atoms with Crippen LogP contribution in [0.1, 0.15) is 30.9 Å². The van der Waals surface area contributed by atoms with Crippen molar-refractivity contribution in [2.75, 3.05) is 23.7 Å². The van der Waals surface area contributed by atoms with E-state index in [1.165, 1.54) is 10.4 Å². The van der Waals surface area contributed by atoms with E-state index in [9.17, 15) is 18.0 Å². The van der Waals surface area contributed by atoms with Crippen molar-refractivity contribution < 1.29 is 22.7 Å². The Morgan fingerprint density at radius 3 is 2.50 bits per heavy atom. The summed E-state index contributed by atoms with van der Waals surface area (Å²) < 4.78 is 33.7. The smallest absolute Gasteiger partial charge is 0.265 e. The zero-order valence-electron chi connectivity index (χ0n) is 18.3. The first-order chi connectivity index (χ1) is 15.2. The standard InChI is InChI=1S/C23H27N3O5S/c1-14-6-4-5-7-18(14)24-23(28)17-8-10-26(11-9-17)32(29,30)21-13-20-19(12-15(21)2)25-22(27)16(3)31-20/h4-7,12-13,16-17H,8-11H2,1-3H3,(H,24,28)(H,25,27)/t16-/m1/s1. The molecule has 2 aliphatic heterocycles. The minimum absolute atomic E-state index is 0.0839. The van der Waals surface area contributed by atoms with Gasteiger partial charge in [-0.1, -0.05) is 18.2 Å². The molecular weight excluding hydrogens is 430 g/mol. The van der Waals surface area contributed by atoms with Gasteiger partial charge >= 0.3 is 0 Å². The van der Waals surface area contributed by atoms with Gasteiger partial charge in [-0.3, -0.25) is 9.59 Å². The Morgan fingerprint density at radius 2 is 1.81 bits per heavy atom. The fourth-order valence-electron chi connectivity index (χ4n) is 4.07. The van der Waals surface area contributed by atoms with E-state index in [1.807, 2.05) is 31.2 Å². The van der Waals surface area contributed by atoms with Crippen molar-refractivity contribution in [2.24, 2.45) is 5.92 Å². The van der Waals surface area contributed by atoms with Crippen molar-refractivity contribution >= 4 is 33.2 Å². The highest BCUT2D eigenvalue weighted by Crippen LogP contribution is 2.36. The molecule has 0 saturated carbocycles. The molecule has 9 heteroatoms. The number of nitrogens with zero attached hydrogens (tertiary/aromatic N) is 1. The van der Waals surface area contributed by atoms with Crippen LogP contribution in [0.3, 0.4) is 0 Å². The van der Waals surface area contributed by atoms with Gasteiger partial charge in [-0.2, -0.15) is 4.31 Å². The molecule has 0 radical (unpaired) electrons. The number of nitrogens with one attached hydrogen (secondary N) is 2. The monoisotopic (exact) mass is 457 g/mol. The van der Waals surface area contributed by atoms with E-state index in [0.29, 0.717) is 29.8 Å². The van der Waals surface area contributed by atoms with Gasteiger partial charge in [-0.15, -0.1) is 0 Å². The number of amides is 2. The summed E-state index contributed by atoms with van der Waals surface area (Å²) in [5.74, 6) is -0.253. The zero-order valence-corrected chi connectivity index (χ0v) is 19.2. The Morgan fingerprint density at radius 1 is 1.12 bits per heavy atom. The van der Waals surface area contributed by atoms with E-state index in [1.54, 1.807) is 19.9 Å². The Labute approximate surface area is 188 Å². The summed E-state index contributed by atoms with van der Waals surface area (Å²) in [6.07, 6.45) is 0.206. The molecule has 8 nitrogen and oxygen atoms in total. The Balaban J connectivity index is 1.46. The van der Waals surface area contributed by atoms with Crippen LogP contribution >= 0.6 is 0 Å². The second-order valence-electron chi connectivity index (χ2n) is 8.35. The number of carbonyl (C=O) groups excluding carboxylic acids is 2. The normalized spacial score (nSPS) is 19.6. The lowest BCUT2D eigenvalue weighted by molar-refractivity contribution is -0.123.